The molecule has 0 spiro atoms. The van der Waals surface area contributed by atoms with E-state index in [9.17, 15) is 4.79 Å². The fraction of sp³-hybridized carbons (Fsp3) is 0.462. The number of aromatic amines is 1. The van der Waals surface area contributed by atoms with Crippen molar-refractivity contribution >= 4 is 16.8 Å². The van der Waals surface area contributed by atoms with Crippen molar-refractivity contribution in [2.24, 2.45) is 0 Å². The zero-order valence-corrected chi connectivity index (χ0v) is 10.6. The molecule has 2 atom stereocenters. The Morgan fingerprint density at radius 3 is 2.72 bits per heavy atom. The number of para-hydroxylation sites is 1. The van der Waals surface area contributed by atoms with Crippen LogP contribution in [0, 0.1) is 0 Å². The number of aromatic nitrogens is 1. The highest BCUT2D eigenvalue weighted by Crippen LogP contribution is 2.26. The van der Waals surface area contributed by atoms with Crippen LogP contribution in [0.5, 0.6) is 0 Å². The molecule has 18 heavy (non-hydrogen) atoms. The van der Waals surface area contributed by atoms with Gasteiger partial charge in [-0.05, 0) is 26.0 Å². The van der Waals surface area contributed by atoms with Gasteiger partial charge in [0.05, 0.1) is 11.2 Å². The molecule has 1 fully saturated rings. The van der Waals surface area contributed by atoms with Gasteiger partial charge in [-0.3, -0.25) is 4.98 Å². The molecule has 1 aromatic carbocycles. The molecule has 2 heterocycles. The van der Waals surface area contributed by atoms with E-state index < -0.39 is 5.76 Å². The Bertz CT molecular complexity index is 606. The molecule has 0 amide bonds. The van der Waals surface area contributed by atoms with E-state index in [0.29, 0.717) is 17.7 Å². The second-order valence-corrected chi connectivity index (χ2v) is 5.04. The van der Waals surface area contributed by atoms with Crippen LogP contribution in [0.15, 0.2) is 27.4 Å². The molecule has 1 unspecified atom stereocenters. The van der Waals surface area contributed by atoms with Gasteiger partial charge in [0, 0.05) is 25.2 Å². The SMILES string of the molecule is CC1CN(c2cccc3[nH]c(=O)oc23)C[C@@H](C)N1. The molecule has 1 saturated heterocycles. The van der Waals surface area contributed by atoms with Crippen molar-refractivity contribution in [1.29, 1.82) is 0 Å². The van der Waals surface area contributed by atoms with E-state index in [4.69, 9.17) is 4.42 Å². The van der Waals surface area contributed by atoms with Gasteiger partial charge >= 0.3 is 5.76 Å². The van der Waals surface area contributed by atoms with Gasteiger partial charge in [0.1, 0.15) is 0 Å². The van der Waals surface area contributed by atoms with E-state index in [1.54, 1.807) is 0 Å². The topological polar surface area (TPSA) is 61.3 Å². The minimum atomic E-state index is -0.395. The largest absolute Gasteiger partial charge is 0.417 e. The van der Waals surface area contributed by atoms with E-state index in [1.807, 2.05) is 18.2 Å². The number of anilines is 1. The minimum Gasteiger partial charge on any atom is -0.406 e. The number of hydrogen-bond donors (Lipinski definition) is 2. The lowest BCUT2D eigenvalue weighted by molar-refractivity contribution is 0.406. The third-order valence-electron chi connectivity index (χ3n) is 3.32. The van der Waals surface area contributed by atoms with Gasteiger partial charge in [-0.25, -0.2) is 4.79 Å². The van der Waals surface area contributed by atoms with Crippen molar-refractivity contribution in [2.45, 2.75) is 25.9 Å². The number of oxazole rings is 1. The zero-order chi connectivity index (χ0) is 12.7. The van der Waals surface area contributed by atoms with Gasteiger partial charge in [0.25, 0.3) is 0 Å². The molecular weight excluding hydrogens is 230 g/mol. The second kappa shape index (κ2) is 4.17. The average molecular weight is 247 g/mol. The summed E-state index contributed by atoms with van der Waals surface area (Å²) >= 11 is 0. The molecule has 0 radical (unpaired) electrons. The highest BCUT2D eigenvalue weighted by atomic mass is 16.4. The summed E-state index contributed by atoms with van der Waals surface area (Å²) in [5.41, 5.74) is 2.41. The molecular formula is C13H17N3O2. The zero-order valence-electron chi connectivity index (χ0n) is 10.6. The van der Waals surface area contributed by atoms with Crippen LogP contribution < -0.4 is 16.0 Å². The third kappa shape index (κ3) is 1.90. The highest BCUT2D eigenvalue weighted by Gasteiger charge is 2.23. The predicted molar refractivity (Wildman–Crippen MR) is 71.1 cm³/mol. The summed E-state index contributed by atoms with van der Waals surface area (Å²) in [4.78, 5) is 16.3. The molecule has 0 saturated carbocycles. The van der Waals surface area contributed by atoms with E-state index in [1.165, 1.54) is 0 Å². The molecule has 0 aliphatic carbocycles. The smallest absolute Gasteiger partial charge is 0.406 e. The molecule has 5 heteroatoms. The van der Waals surface area contributed by atoms with Gasteiger partial charge < -0.3 is 14.6 Å². The first-order valence-electron chi connectivity index (χ1n) is 6.26. The summed E-state index contributed by atoms with van der Waals surface area (Å²) in [5.74, 6) is -0.395. The maximum atomic E-state index is 11.3. The van der Waals surface area contributed by atoms with Crippen molar-refractivity contribution in [3.63, 3.8) is 0 Å². The fourth-order valence-corrected chi connectivity index (χ4v) is 2.73. The second-order valence-electron chi connectivity index (χ2n) is 5.04. The molecule has 2 N–H and O–H groups in total. The summed E-state index contributed by atoms with van der Waals surface area (Å²) in [6.07, 6.45) is 0. The molecule has 1 aliphatic heterocycles. The lowest BCUT2D eigenvalue weighted by Gasteiger charge is -2.37. The molecule has 2 aromatic rings. The Labute approximate surface area is 105 Å². The molecule has 1 aliphatic rings. The Morgan fingerprint density at radius 1 is 1.28 bits per heavy atom. The number of H-pyrrole nitrogens is 1. The number of piperazine rings is 1. The lowest BCUT2D eigenvalue weighted by atomic mass is 10.1. The van der Waals surface area contributed by atoms with Crippen molar-refractivity contribution in [3.05, 3.63) is 28.7 Å². The Morgan fingerprint density at radius 2 is 2.00 bits per heavy atom. The first-order valence-corrected chi connectivity index (χ1v) is 6.26. The summed E-state index contributed by atoms with van der Waals surface area (Å²) in [6.45, 7) is 6.16. The van der Waals surface area contributed by atoms with Crippen molar-refractivity contribution < 1.29 is 4.42 Å². The van der Waals surface area contributed by atoms with Crippen LogP contribution in [0.3, 0.4) is 0 Å². The maximum Gasteiger partial charge on any atom is 0.417 e. The number of benzene rings is 1. The number of nitrogens with zero attached hydrogens (tertiary/aromatic N) is 1. The third-order valence-corrected chi connectivity index (χ3v) is 3.32. The molecule has 3 rings (SSSR count). The maximum absolute atomic E-state index is 11.3. The van der Waals surface area contributed by atoms with Crippen LogP contribution in [0.1, 0.15) is 13.8 Å². The predicted octanol–water partition coefficient (Wildman–Crippen LogP) is 1.31. The Kier molecular flexibility index (Phi) is 2.63. The molecule has 5 nitrogen and oxygen atoms in total. The highest BCUT2D eigenvalue weighted by molar-refractivity contribution is 5.86. The van der Waals surface area contributed by atoms with Crippen molar-refractivity contribution in [2.75, 3.05) is 18.0 Å². The van der Waals surface area contributed by atoms with E-state index >= 15 is 0 Å². The lowest BCUT2D eigenvalue weighted by Crippen LogP contribution is -2.54. The molecule has 96 valence electrons. The van der Waals surface area contributed by atoms with Gasteiger partial charge in [-0.15, -0.1) is 0 Å². The van der Waals surface area contributed by atoms with Crippen LogP contribution >= 0.6 is 0 Å². The van der Waals surface area contributed by atoms with E-state index in [-0.39, 0.29) is 0 Å². The van der Waals surface area contributed by atoms with E-state index in [2.05, 4.69) is 29.0 Å². The summed E-state index contributed by atoms with van der Waals surface area (Å²) in [7, 11) is 0. The average Bonchev–Trinajstić information content (AvgIpc) is 2.67. The van der Waals surface area contributed by atoms with Crippen LogP contribution in [-0.2, 0) is 0 Å². The Balaban J connectivity index is 2.05. The fourth-order valence-electron chi connectivity index (χ4n) is 2.73. The minimum absolute atomic E-state index is 0.395. The first kappa shape index (κ1) is 11.3. The van der Waals surface area contributed by atoms with Gasteiger partial charge in [-0.1, -0.05) is 6.07 Å². The molecule has 1 aromatic heterocycles. The van der Waals surface area contributed by atoms with Crippen molar-refractivity contribution in [3.8, 4) is 0 Å². The number of hydrogen-bond acceptors (Lipinski definition) is 4. The number of nitrogens with one attached hydrogen (secondary N) is 2. The first-order chi connectivity index (χ1) is 8.63. The summed E-state index contributed by atoms with van der Waals surface area (Å²) in [6, 6.07) is 6.66. The Hall–Kier alpha value is -1.75. The normalized spacial score (nSPS) is 24.7. The van der Waals surface area contributed by atoms with Gasteiger partial charge in [0.2, 0.25) is 0 Å². The monoisotopic (exact) mass is 247 g/mol. The molecule has 0 bridgehead atoms. The van der Waals surface area contributed by atoms with Crippen molar-refractivity contribution in [1.82, 2.24) is 10.3 Å². The number of fused-ring (bicyclic) bond motifs is 1. The quantitative estimate of drug-likeness (QED) is 0.797. The van der Waals surface area contributed by atoms with Crippen LogP contribution in [-0.4, -0.2) is 30.2 Å². The van der Waals surface area contributed by atoms with Crippen LogP contribution in [0.2, 0.25) is 0 Å². The van der Waals surface area contributed by atoms with E-state index in [0.717, 1.165) is 24.3 Å². The standard InChI is InChI=1S/C13H17N3O2/c1-8-6-16(7-9(2)14-8)11-5-3-4-10-12(11)18-13(17)15-10/h3-5,8-9,14H,6-7H2,1-2H3,(H,15,17)/t8-,9?/m1/s1. The summed E-state index contributed by atoms with van der Waals surface area (Å²) in [5, 5.41) is 3.49. The van der Waals surface area contributed by atoms with Gasteiger partial charge in [-0.2, -0.15) is 0 Å². The van der Waals surface area contributed by atoms with Crippen LogP contribution in [0.4, 0.5) is 5.69 Å². The van der Waals surface area contributed by atoms with Crippen LogP contribution in [0.25, 0.3) is 11.1 Å². The van der Waals surface area contributed by atoms with Gasteiger partial charge in [0.15, 0.2) is 5.58 Å². The number of rotatable bonds is 1. The summed E-state index contributed by atoms with van der Waals surface area (Å²) < 4.78 is 5.25.